The Bertz CT molecular complexity index is 4030. The van der Waals surface area contributed by atoms with Crippen LogP contribution in [0.2, 0.25) is 0 Å². The molecule has 664 valence electrons. The van der Waals surface area contributed by atoms with Crippen molar-refractivity contribution >= 4 is 0 Å². The summed E-state index contributed by atoms with van der Waals surface area (Å²) in [6.07, 6.45) is 12.6. The van der Waals surface area contributed by atoms with Crippen LogP contribution in [0.3, 0.4) is 0 Å². The van der Waals surface area contributed by atoms with Gasteiger partial charge >= 0.3 is 137 Å². The largest absolute Gasteiger partial charge is 3.00 e. The summed E-state index contributed by atoms with van der Waals surface area (Å²) in [5.41, 5.74) is 9.97. The van der Waals surface area contributed by atoms with Crippen molar-refractivity contribution in [2.45, 2.75) is 41.5 Å². The van der Waals surface area contributed by atoms with Gasteiger partial charge in [0.1, 0.15) is 0 Å². The normalized spacial score (nSPS) is 8.48. The average molecular weight is 2050 g/mol. The predicted octanol–water partition coefficient (Wildman–Crippen LogP) is 5.73. The van der Waals surface area contributed by atoms with Gasteiger partial charge in [-0.2, -0.15) is 18.6 Å². The second-order valence-electron chi connectivity index (χ2n) is 21.2. The minimum Gasteiger partial charge on any atom is -2.00 e. The molecule has 0 aliphatic rings. The van der Waals surface area contributed by atoms with Crippen molar-refractivity contribution in [2.24, 2.45) is 0 Å². The first-order valence-corrected chi connectivity index (χ1v) is 34.8. The van der Waals surface area contributed by atoms with Gasteiger partial charge in [0, 0.05) is 87.7 Å². The fourth-order valence-corrected chi connectivity index (χ4v) is 8.44. The van der Waals surface area contributed by atoms with Gasteiger partial charge in [-0.15, -0.1) is 57.2 Å². The Morgan fingerprint density at radius 2 is 0.333 bits per heavy atom. The molecule has 34 nitrogen and oxygen atoms in total. The van der Waals surface area contributed by atoms with Gasteiger partial charge in [-0.1, -0.05) is 260 Å². The molecule has 8 aromatic carbocycles. The van der Waals surface area contributed by atoms with Crippen molar-refractivity contribution in [3.05, 3.63) is 292 Å². The Hall–Kier alpha value is -10.4. The number of aromatic nitrogens is 16. The molecule has 0 atom stereocenters. The molecule has 0 aliphatic carbocycles. The van der Waals surface area contributed by atoms with Crippen molar-refractivity contribution in [3.63, 3.8) is 0 Å². The van der Waals surface area contributed by atoms with Crippen molar-refractivity contribution in [1.82, 2.24) is 81.6 Å². The van der Waals surface area contributed by atoms with E-state index in [1.807, 2.05) is 48.5 Å². The number of benzene rings is 8. The fraction of sp³-hybridized carbons (Fsp3) is 0.143. The quantitative estimate of drug-likeness (QED) is 0.0989. The topological polar surface area (TPSA) is 636 Å². The van der Waals surface area contributed by atoms with E-state index < -0.39 is 0 Å². The van der Waals surface area contributed by atoms with Crippen LogP contribution in [0, 0.1) is 0 Å². The molecule has 8 heterocycles. The van der Waals surface area contributed by atoms with Gasteiger partial charge in [0.15, 0.2) is 0 Å². The van der Waals surface area contributed by atoms with Crippen LogP contribution in [0.25, 0.3) is 90.1 Å². The summed E-state index contributed by atoms with van der Waals surface area (Å²) in [5.74, 6) is -0.126. The first-order valence-electron chi connectivity index (χ1n) is 34.8. The smallest absolute Gasteiger partial charge is 2.00 e. The van der Waals surface area contributed by atoms with Gasteiger partial charge in [-0.05, 0) is 86.1 Å². The third-order valence-corrected chi connectivity index (χ3v) is 13.0. The molecule has 0 spiro atoms. The molecule has 8 aromatic heterocycles. The van der Waals surface area contributed by atoms with E-state index in [0.717, 1.165) is 0 Å². The van der Waals surface area contributed by atoms with E-state index in [0.29, 0.717) is 90.1 Å². The molecule has 16 rings (SSSR count). The van der Waals surface area contributed by atoms with Crippen LogP contribution in [-0.4, -0.2) is 111 Å². The van der Waals surface area contributed by atoms with Gasteiger partial charge in [0.25, 0.3) is 0 Å². The average Bonchev–Trinajstić information content (AvgIpc) is 1.46. The Kier molecular flexibility index (Phi) is 92.3. The van der Waals surface area contributed by atoms with E-state index >= 15 is 0 Å². The second kappa shape index (κ2) is 85.4. The number of aliphatic hydroxyl groups excluding tert-OH is 6. The molecule has 42 heteroatoms. The second-order valence-corrected chi connectivity index (χ2v) is 21.2. The number of hydrogen-bond donors (Lipinski definition) is 6. The Morgan fingerprint density at radius 3 is 0.437 bits per heavy atom. The van der Waals surface area contributed by atoms with Crippen molar-refractivity contribution in [3.8, 4) is 136 Å². The van der Waals surface area contributed by atoms with Crippen LogP contribution in [0.15, 0.2) is 292 Å². The maximum absolute atomic E-state index is 11.2. The summed E-state index contributed by atoms with van der Waals surface area (Å²) < 4.78 is 0. The monoisotopic (exact) mass is 2040 g/mol. The van der Waals surface area contributed by atoms with E-state index in [4.69, 9.17) is 30.6 Å². The minimum atomic E-state index is -0.0157. The third kappa shape index (κ3) is 52.5. The summed E-state index contributed by atoms with van der Waals surface area (Å²) in [5, 5.41) is 195. The molecule has 0 unspecified atom stereocenters. The van der Waals surface area contributed by atoms with Crippen molar-refractivity contribution in [2.75, 3.05) is 39.6 Å². The maximum Gasteiger partial charge on any atom is 3.00 e. The van der Waals surface area contributed by atoms with Crippen molar-refractivity contribution in [1.29, 1.82) is 0 Å². The SMILES string of the molecule is CCO.CCO.CCO.CCO.CCO.CCO.[Mn+3].[Mn+3].[Mn+3].[Mn+3].[Mn+3].[Mn+3].[Mn+3].[Mn+3].[O-2].[O-2].[O-2].[O-2].[O-]c1ccccc1-c1cc[n-]n1.[O-]c1ccccc1-c1cc[n-]n1.[O-]c1ccccc1-c1cc[n-]n1.[O-]c1ccccc1-c1ccn[n-]1.[O-]c1ccccc1-c1ccn[n-]1.[O-]c1ccccc1-c1ccn[n-]1.[O-]c1ccccc1-c1ccn[n-]1.[O-]c1ccccc1-c1ccn[n-]1. The summed E-state index contributed by atoms with van der Waals surface area (Å²) in [4.78, 5) is 0. The molecule has 0 bridgehead atoms. The Labute approximate surface area is 814 Å². The van der Waals surface area contributed by atoms with E-state index in [1.165, 1.54) is 48.5 Å². The van der Waals surface area contributed by atoms with Gasteiger partial charge in [-0.25, -0.2) is 0 Å². The maximum atomic E-state index is 11.2. The molecule has 0 fully saturated rings. The van der Waals surface area contributed by atoms with Crippen LogP contribution >= 0.6 is 0 Å². The van der Waals surface area contributed by atoms with E-state index in [1.54, 1.807) is 237 Å². The number of rotatable bonds is 8. The minimum absolute atomic E-state index is 0. The van der Waals surface area contributed by atoms with Gasteiger partial charge < -0.3 is 175 Å². The van der Waals surface area contributed by atoms with E-state index in [2.05, 4.69) is 81.6 Å². The van der Waals surface area contributed by atoms with Crippen LogP contribution in [0.5, 0.6) is 46.0 Å². The summed E-state index contributed by atoms with van der Waals surface area (Å²) in [6.45, 7) is 11.6. The predicted molar refractivity (Wildman–Crippen MR) is 419 cm³/mol. The third-order valence-electron chi connectivity index (χ3n) is 13.0. The van der Waals surface area contributed by atoms with E-state index in [9.17, 15) is 40.9 Å². The molecule has 0 saturated carbocycles. The number of hydrogen-bond acceptors (Lipinski definition) is 22. The molecule has 0 aliphatic heterocycles. The summed E-state index contributed by atoms with van der Waals surface area (Å²) in [6, 6.07) is 68.0. The summed E-state index contributed by atoms with van der Waals surface area (Å²) >= 11 is 0. The summed E-state index contributed by atoms with van der Waals surface area (Å²) in [7, 11) is 0. The molecule has 0 saturated heterocycles. The van der Waals surface area contributed by atoms with Crippen LogP contribution in [-0.2, 0) is 158 Å². The number of nitrogens with zero attached hydrogens (tertiary/aromatic N) is 16. The zero-order valence-electron chi connectivity index (χ0n) is 67.7. The fourth-order valence-electron chi connectivity index (χ4n) is 8.44. The van der Waals surface area contributed by atoms with E-state index in [-0.39, 0.29) is 244 Å². The Morgan fingerprint density at radius 1 is 0.206 bits per heavy atom. The molecular formula is C84H84Mn8N16O18. The van der Waals surface area contributed by atoms with Crippen LogP contribution in [0.1, 0.15) is 41.5 Å². The van der Waals surface area contributed by atoms with Gasteiger partial charge in [0.2, 0.25) is 0 Å². The molecule has 126 heavy (non-hydrogen) atoms. The molecule has 6 N–H and O–H groups in total. The van der Waals surface area contributed by atoms with Crippen LogP contribution in [0.4, 0.5) is 0 Å². The standard InChI is InChI=1S/8C9H7N2O.6C2H6O.8Mn.4O/c8*12-9-4-2-1-3-7(9)8-5-6-10-11-8;6*1-2-3;;;;;;;;;;;;/h8*1-6H,(H-,10,11,12);6*3H,2H2,1H3;;;;;;;;;;;;/q8*-1;;;;;;;8*+3;4*-2/p-8. The van der Waals surface area contributed by atoms with Crippen molar-refractivity contribution < 1.29 is 230 Å². The molecule has 0 amide bonds. The zero-order valence-corrected chi connectivity index (χ0v) is 77.2. The molecule has 16 aromatic rings. The zero-order chi connectivity index (χ0) is 83.4. The molecular weight excluding hydrogens is 1960 g/mol. The van der Waals surface area contributed by atoms with Gasteiger partial charge in [-0.3, -0.25) is 0 Å². The molecule has 0 radical (unpaired) electrons. The van der Waals surface area contributed by atoms with Crippen LogP contribution < -0.4 is 81.6 Å². The number of para-hydroxylation sites is 8. The van der Waals surface area contributed by atoms with Gasteiger partial charge in [0.05, 0.1) is 0 Å². The number of aliphatic hydroxyl groups is 6. The first-order chi connectivity index (χ1) is 55.5. The Balaban J connectivity index is -0.000000146. The first kappa shape index (κ1) is 136.